The predicted molar refractivity (Wildman–Crippen MR) is 97.9 cm³/mol. The van der Waals surface area contributed by atoms with Crippen LogP contribution in [0.5, 0.6) is 5.75 Å². The van der Waals surface area contributed by atoms with Gasteiger partial charge in [0.1, 0.15) is 11.5 Å². The first kappa shape index (κ1) is 19.2. The number of rotatable bonds is 6. The van der Waals surface area contributed by atoms with Crippen molar-refractivity contribution in [1.82, 2.24) is 0 Å². The topological polar surface area (TPSA) is 63.6 Å². The van der Waals surface area contributed by atoms with Gasteiger partial charge in [-0.25, -0.2) is 0 Å². The zero-order valence-corrected chi connectivity index (χ0v) is 15.9. The van der Waals surface area contributed by atoms with Crippen LogP contribution in [0, 0.1) is 17.8 Å². The molecule has 4 atom stereocenters. The molecule has 1 aromatic rings. The maximum absolute atomic E-state index is 12.4. The van der Waals surface area contributed by atoms with Crippen LogP contribution in [0.15, 0.2) is 29.3 Å². The van der Waals surface area contributed by atoms with E-state index in [0.717, 1.165) is 11.1 Å². The van der Waals surface area contributed by atoms with E-state index in [2.05, 4.69) is 20.8 Å². The number of hydrogen-bond acceptors (Lipinski definition) is 3. The van der Waals surface area contributed by atoms with Gasteiger partial charge in [-0.2, -0.15) is 0 Å². The van der Waals surface area contributed by atoms with E-state index in [9.17, 15) is 14.7 Å². The van der Waals surface area contributed by atoms with Crippen molar-refractivity contribution < 1.29 is 19.4 Å². The lowest BCUT2D eigenvalue weighted by molar-refractivity contribution is -0.141. The Bertz CT molecular complexity index is 717. The molecule has 0 amide bonds. The zero-order chi connectivity index (χ0) is 18.9. The van der Waals surface area contributed by atoms with Gasteiger partial charge in [-0.15, -0.1) is 0 Å². The number of hydrogen-bond donors (Lipinski definition) is 1. The number of carbonyl (C=O) groups excluding carboxylic acids is 1. The number of ketones is 1. The van der Waals surface area contributed by atoms with Crippen LogP contribution >= 0.6 is 0 Å². The molecule has 1 aliphatic rings. The first-order valence-electron chi connectivity index (χ1n) is 8.76. The molecule has 1 aliphatic carbocycles. The first-order valence-corrected chi connectivity index (χ1v) is 8.76. The Kier molecular flexibility index (Phi) is 5.71. The van der Waals surface area contributed by atoms with Gasteiger partial charge in [0.25, 0.3) is 0 Å². The average molecular weight is 344 g/mol. The molecular weight excluding hydrogens is 316 g/mol. The molecule has 1 aromatic carbocycles. The van der Waals surface area contributed by atoms with E-state index in [1.54, 1.807) is 21.0 Å². The minimum atomic E-state index is -0.819. The fraction of sp³-hybridized carbons (Fsp3) is 0.524. The van der Waals surface area contributed by atoms with Gasteiger partial charge in [0.05, 0.1) is 13.0 Å². The average Bonchev–Trinajstić information content (AvgIpc) is 2.78. The number of carboxylic acid groups (broad SMARTS) is 1. The van der Waals surface area contributed by atoms with Crippen molar-refractivity contribution in [1.29, 1.82) is 0 Å². The normalized spacial score (nSPS) is 24.3. The third-order valence-corrected chi connectivity index (χ3v) is 5.77. The van der Waals surface area contributed by atoms with Crippen molar-refractivity contribution >= 4 is 11.8 Å². The Hall–Kier alpha value is -2.10. The maximum atomic E-state index is 12.4. The minimum absolute atomic E-state index is 0.00870. The van der Waals surface area contributed by atoms with E-state index in [4.69, 9.17) is 4.74 Å². The van der Waals surface area contributed by atoms with Crippen LogP contribution in [0.25, 0.3) is 0 Å². The van der Waals surface area contributed by atoms with E-state index >= 15 is 0 Å². The van der Waals surface area contributed by atoms with Gasteiger partial charge in [0, 0.05) is 11.8 Å². The lowest BCUT2D eigenvalue weighted by Gasteiger charge is -2.26. The van der Waals surface area contributed by atoms with Crippen LogP contribution in [-0.4, -0.2) is 24.0 Å². The second-order valence-electron chi connectivity index (χ2n) is 7.28. The summed E-state index contributed by atoms with van der Waals surface area (Å²) in [5, 5.41) is 9.31. The number of allylic oxidation sites excluding steroid dienone is 2. The van der Waals surface area contributed by atoms with Gasteiger partial charge >= 0.3 is 5.97 Å². The number of carboxylic acids is 1. The summed E-state index contributed by atoms with van der Waals surface area (Å²) in [6.45, 7) is 9.66. The molecule has 0 aliphatic heterocycles. The molecule has 136 valence electrons. The number of ether oxygens (including phenoxy) is 1. The summed E-state index contributed by atoms with van der Waals surface area (Å²) in [7, 11) is 1.60. The molecular formula is C21H28O4. The molecule has 0 radical (unpaired) electrons. The fourth-order valence-corrected chi connectivity index (χ4v) is 4.05. The van der Waals surface area contributed by atoms with E-state index < -0.39 is 11.9 Å². The predicted octanol–water partition coefficient (Wildman–Crippen LogP) is 4.23. The third kappa shape index (κ3) is 3.63. The van der Waals surface area contributed by atoms with Gasteiger partial charge in [0.15, 0.2) is 0 Å². The smallest absolute Gasteiger partial charge is 0.306 e. The third-order valence-electron chi connectivity index (χ3n) is 5.77. The molecule has 0 bridgehead atoms. The standard InChI is InChI=1S/C21H28O4/c1-11(21(23)24)9-16-10-17(25-6)7-8-18(16)20-14(4)12(2)13(3)19(20)15(5)22/h7-8,10-11,13,19-20H,9H2,1-6H3,(H,23,24)/t11-,13-,19-,20-/m0/s1. The number of carbonyl (C=O) groups is 2. The molecule has 4 heteroatoms. The number of methoxy groups -OCH3 is 1. The summed E-state index contributed by atoms with van der Waals surface area (Å²) >= 11 is 0. The highest BCUT2D eigenvalue weighted by atomic mass is 16.5. The van der Waals surface area contributed by atoms with Crippen molar-refractivity contribution in [2.45, 2.75) is 47.0 Å². The van der Waals surface area contributed by atoms with Crippen molar-refractivity contribution in [2.75, 3.05) is 7.11 Å². The summed E-state index contributed by atoms with van der Waals surface area (Å²) in [5.41, 5.74) is 4.49. The molecule has 0 heterocycles. The summed E-state index contributed by atoms with van der Waals surface area (Å²) in [6.07, 6.45) is 0.420. The van der Waals surface area contributed by atoms with E-state index in [1.165, 1.54) is 11.1 Å². The molecule has 1 N–H and O–H groups in total. The van der Waals surface area contributed by atoms with Crippen molar-refractivity contribution in [3.63, 3.8) is 0 Å². The van der Waals surface area contributed by atoms with Crippen LogP contribution < -0.4 is 4.74 Å². The molecule has 0 unspecified atom stereocenters. The molecule has 2 rings (SSSR count). The molecule has 0 saturated carbocycles. The van der Waals surface area contributed by atoms with Crippen LogP contribution in [0.4, 0.5) is 0 Å². The van der Waals surface area contributed by atoms with Gasteiger partial charge in [-0.05, 0) is 56.4 Å². The van der Waals surface area contributed by atoms with Gasteiger partial charge in [0.2, 0.25) is 0 Å². The van der Waals surface area contributed by atoms with Crippen LogP contribution in [0.2, 0.25) is 0 Å². The molecule has 0 spiro atoms. The first-order chi connectivity index (χ1) is 11.7. The molecule has 25 heavy (non-hydrogen) atoms. The molecule has 0 aromatic heterocycles. The fourth-order valence-electron chi connectivity index (χ4n) is 4.05. The Morgan fingerprint density at radius 1 is 1.24 bits per heavy atom. The quantitative estimate of drug-likeness (QED) is 0.784. The highest BCUT2D eigenvalue weighted by Crippen LogP contribution is 2.49. The minimum Gasteiger partial charge on any atom is -0.497 e. The van der Waals surface area contributed by atoms with Gasteiger partial charge < -0.3 is 9.84 Å². The van der Waals surface area contributed by atoms with Crippen LogP contribution in [0.3, 0.4) is 0 Å². The summed E-state index contributed by atoms with van der Waals surface area (Å²) < 4.78 is 5.33. The highest BCUT2D eigenvalue weighted by Gasteiger charge is 2.41. The Morgan fingerprint density at radius 3 is 2.40 bits per heavy atom. The molecule has 0 saturated heterocycles. The lowest BCUT2D eigenvalue weighted by Crippen LogP contribution is -2.24. The number of Topliss-reactive ketones (excluding diaryl/α,β-unsaturated/α-hetero) is 1. The maximum Gasteiger partial charge on any atom is 0.306 e. The second kappa shape index (κ2) is 7.42. The lowest BCUT2D eigenvalue weighted by atomic mass is 9.77. The van der Waals surface area contributed by atoms with Crippen molar-refractivity contribution in [3.8, 4) is 5.75 Å². The monoisotopic (exact) mass is 344 g/mol. The van der Waals surface area contributed by atoms with E-state index in [0.29, 0.717) is 12.2 Å². The zero-order valence-electron chi connectivity index (χ0n) is 15.9. The van der Waals surface area contributed by atoms with Crippen molar-refractivity contribution in [3.05, 3.63) is 40.5 Å². The van der Waals surface area contributed by atoms with Crippen molar-refractivity contribution in [2.24, 2.45) is 17.8 Å². The van der Waals surface area contributed by atoms with E-state index in [-0.39, 0.29) is 23.5 Å². The number of benzene rings is 1. The van der Waals surface area contributed by atoms with Crippen LogP contribution in [-0.2, 0) is 16.0 Å². The largest absolute Gasteiger partial charge is 0.497 e. The molecule has 4 nitrogen and oxygen atoms in total. The number of aliphatic carboxylic acids is 1. The summed E-state index contributed by atoms with van der Waals surface area (Å²) in [6, 6.07) is 5.81. The Morgan fingerprint density at radius 2 is 1.88 bits per heavy atom. The highest BCUT2D eigenvalue weighted by molar-refractivity contribution is 5.82. The summed E-state index contributed by atoms with van der Waals surface area (Å²) in [5.74, 6) is -0.302. The second-order valence-corrected chi connectivity index (χ2v) is 7.28. The Balaban J connectivity index is 2.56. The van der Waals surface area contributed by atoms with Gasteiger partial charge in [-0.3, -0.25) is 9.59 Å². The molecule has 0 fully saturated rings. The SMILES string of the molecule is COc1ccc([C@@H]2C(C)=C(C)[C@H](C)[C@H]2C(C)=O)c(C[C@H](C)C(=O)O)c1. The van der Waals surface area contributed by atoms with Gasteiger partial charge in [-0.1, -0.05) is 31.1 Å². The van der Waals surface area contributed by atoms with E-state index in [1.807, 2.05) is 18.2 Å². The summed E-state index contributed by atoms with van der Waals surface area (Å²) in [4.78, 5) is 23.7. The Labute approximate surface area is 149 Å². The van der Waals surface area contributed by atoms with Crippen LogP contribution in [0.1, 0.15) is 51.7 Å².